The molecule has 0 aromatic heterocycles. The lowest BCUT2D eigenvalue weighted by Gasteiger charge is -2.28. The van der Waals surface area contributed by atoms with Crippen LogP contribution < -0.4 is 5.32 Å². The van der Waals surface area contributed by atoms with Crippen LogP contribution in [0.1, 0.15) is 38.3 Å². The Morgan fingerprint density at radius 2 is 1.58 bits per heavy atom. The molecule has 108 valence electrons. The molecule has 19 heavy (non-hydrogen) atoms. The Kier molecular flexibility index (Phi) is 7.72. The van der Waals surface area contributed by atoms with Crippen LogP contribution >= 0.6 is 0 Å². The Hall–Kier alpha value is -0.900. The van der Waals surface area contributed by atoms with E-state index in [-0.39, 0.29) is 6.29 Å². The van der Waals surface area contributed by atoms with Crippen LogP contribution in [0.5, 0.6) is 0 Å². The van der Waals surface area contributed by atoms with E-state index in [1.165, 1.54) is 5.56 Å². The molecule has 1 rings (SSSR count). The third-order valence-electron chi connectivity index (χ3n) is 3.71. The number of benzene rings is 1. The fraction of sp³-hybridized carbons (Fsp3) is 0.625. The second-order valence-electron chi connectivity index (χ2n) is 4.77. The first-order valence-electron chi connectivity index (χ1n) is 7.10. The summed E-state index contributed by atoms with van der Waals surface area (Å²) >= 11 is 0. The summed E-state index contributed by atoms with van der Waals surface area (Å²) in [6.07, 6.45) is 2.13. The molecule has 3 heteroatoms. The van der Waals surface area contributed by atoms with Crippen LogP contribution in [0.3, 0.4) is 0 Å². The highest BCUT2D eigenvalue weighted by Gasteiger charge is 2.21. The Balaban J connectivity index is 2.75. The number of hydrogen-bond donors (Lipinski definition) is 1. The van der Waals surface area contributed by atoms with Gasteiger partial charge in [0.15, 0.2) is 6.29 Å². The zero-order valence-electron chi connectivity index (χ0n) is 12.6. The van der Waals surface area contributed by atoms with Crippen LogP contribution in [-0.2, 0) is 9.47 Å². The molecule has 0 radical (unpaired) electrons. The molecule has 1 N–H and O–H groups in total. The molecule has 0 spiro atoms. The topological polar surface area (TPSA) is 30.5 Å². The minimum Gasteiger partial charge on any atom is -0.355 e. The van der Waals surface area contributed by atoms with Gasteiger partial charge in [-0.25, -0.2) is 0 Å². The predicted molar refractivity (Wildman–Crippen MR) is 79.1 cm³/mol. The maximum absolute atomic E-state index is 5.25. The van der Waals surface area contributed by atoms with Crippen LogP contribution in [0.25, 0.3) is 0 Å². The van der Waals surface area contributed by atoms with Gasteiger partial charge in [0.05, 0.1) is 0 Å². The fourth-order valence-electron chi connectivity index (χ4n) is 2.46. The summed E-state index contributed by atoms with van der Waals surface area (Å²) in [5, 5.41) is 3.59. The van der Waals surface area contributed by atoms with Gasteiger partial charge in [-0.3, -0.25) is 0 Å². The smallest absolute Gasteiger partial charge is 0.169 e. The van der Waals surface area contributed by atoms with E-state index in [1.807, 2.05) is 0 Å². The normalized spacial score (nSPS) is 13.2. The van der Waals surface area contributed by atoms with Crippen molar-refractivity contribution in [3.63, 3.8) is 0 Å². The third kappa shape index (κ3) is 4.94. The minimum absolute atomic E-state index is 0.194. The molecule has 1 atom stereocenters. The summed E-state index contributed by atoms with van der Waals surface area (Å²) in [6, 6.07) is 11.0. The minimum atomic E-state index is -0.194. The van der Waals surface area contributed by atoms with Gasteiger partial charge in [-0.1, -0.05) is 57.0 Å². The van der Waals surface area contributed by atoms with Crippen molar-refractivity contribution in [2.75, 3.05) is 20.8 Å². The molecule has 0 heterocycles. The van der Waals surface area contributed by atoms with Gasteiger partial charge in [-0.05, 0) is 11.5 Å². The first-order valence-corrected chi connectivity index (χ1v) is 7.10. The summed E-state index contributed by atoms with van der Waals surface area (Å²) in [5.41, 5.74) is 1.34. The standard InChI is InChI=1S/C16H27NO2/c1-5-13(6-2)16(14-10-8-7-9-11-14)17-12-15(18-3)19-4/h7-11,13,15-17H,5-6,12H2,1-4H3. The molecule has 0 saturated carbocycles. The van der Waals surface area contributed by atoms with E-state index >= 15 is 0 Å². The van der Waals surface area contributed by atoms with Crippen molar-refractivity contribution in [3.8, 4) is 0 Å². The van der Waals surface area contributed by atoms with Crippen molar-refractivity contribution in [3.05, 3.63) is 35.9 Å². The highest BCUT2D eigenvalue weighted by molar-refractivity contribution is 5.19. The van der Waals surface area contributed by atoms with Crippen molar-refractivity contribution >= 4 is 0 Å². The summed E-state index contributed by atoms with van der Waals surface area (Å²) in [7, 11) is 3.34. The summed E-state index contributed by atoms with van der Waals surface area (Å²) in [5.74, 6) is 0.622. The maximum Gasteiger partial charge on any atom is 0.169 e. The molecule has 1 aromatic rings. The molecular formula is C16H27NO2. The molecule has 0 aliphatic carbocycles. The van der Waals surface area contributed by atoms with Crippen molar-refractivity contribution in [2.45, 2.75) is 39.0 Å². The second-order valence-corrected chi connectivity index (χ2v) is 4.77. The lowest BCUT2D eigenvalue weighted by Crippen LogP contribution is -2.35. The highest BCUT2D eigenvalue weighted by Crippen LogP contribution is 2.27. The molecule has 0 aliphatic heterocycles. The molecule has 0 amide bonds. The van der Waals surface area contributed by atoms with Crippen molar-refractivity contribution in [1.29, 1.82) is 0 Å². The summed E-state index contributed by atoms with van der Waals surface area (Å²) in [4.78, 5) is 0. The largest absolute Gasteiger partial charge is 0.355 e. The fourth-order valence-corrected chi connectivity index (χ4v) is 2.46. The van der Waals surface area contributed by atoms with E-state index < -0.39 is 0 Å². The quantitative estimate of drug-likeness (QED) is 0.694. The summed E-state index contributed by atoms with van der Waals surface area (Å²) < 4.78 is 10.5. The van der Waals surface area contributed by atoms with Crippen LogP contribution in [0.2, 0.25) is 0 Å². The third-order valence-corrected chi connectivity index (χ3v) is 3.71. The van der Waals surface area contributed by atoms with E-state index in [2.05, 4.69) is 49.5 Å². The Morgan fingerprint density at radius 3 is 2.05 bits per heavy atom. The first-order chi connectivity index (χ1) is 9.26. The van der Waals surface area contributed by atoms with Gasteiger partial charge in [0.2, 0.25) is 0 Å². The van der Waals surface area contributed by atoms with Crippen LogP contribution in [0.4, 0.5) is 0 Å². The zero-order chi connectivity index (χ0) is 14.1. The van der Waals surface area contributed by atoms with Crippen LogP contribution in [0, 0.1) is 5.92 Å². The van der Waals surface area contributed by atoms with Crippen molar-refractivity contribution in [2.24, 2.45) is 5.92 Å². The number of rotatable bonds is 9. The van der Waals surface area contributed by atoms with E-state index in [0.29, 0.717) is 18.5 Å². The maximum atomic E-state index is 5.25. The van der Waals surface area contributed by atoms with Gasteiger partial charge >= 0.3 is 0 Å². The average molecular weight is 265 g/mol. The molecular weight excluding hydrogens is 238 g/mol. The number of methoxy groups -OCH3 is 2. The van der Waals surface area contributed by atoms with Crippen LogP contribution in [0.15, 0.2) is 30.3 Å². The Labute approximate surface area is 117 Å². The first kappa shape index (κ1) is 16.2. The van der Waals surface area contributed by atoms with Gasteiger partial charge in [-0.15, -0.1) is 0 Å². The number of hydrogen-bond acceptors (Lipinski definition) is 3. The van der Waals surface area contributed by atoms with E-state index in [1.54, 1.807) is 14.2 Å². The lowest BCUT2D eigenvalue weighted by molar-refractivity contribution is -0.101. The van der Waals surface area contributed by atoms with E-state index in [9.17, 15) is 0 Å². The molecule has 0 aliphatic rings. The SMILES string of the molecule is CCC(CC)C(NCC(OC)OC)c1ccccc1. The molecule has 3 nitrogen and oxygen atoms in total. The van der Waals surface area contributed by atoms with Crippen LogP contribution in [-0.4, -0.2) is 27.1 Å². The predicted octanol–water partition coefficient (Wildman–Crippen LogP) is 3.37. The van der Waals surface area contributed by atoms with Gasteiger partial charge < -0.3 is 14.8 Å². The van der Waals surface area contributed by atoms with Crippen molar-refractivity contribution in [1.82, 2.24) is 5.32 Å². The van der Waals surface area contributed by atoms with Crippen molar-refractivity contribution < 1.29 is 9.47 Å². The Bertz CT molecular complexity index is 321. The lowest BCUT2D eigenvalue weighted by atomic mass is 9.89. The molecule has 1 aromatic carbocycles. The summed E-state index contributed by atoms with van der Waals surface area (Å²) in [6.45, 7) is 5.19. The number of nitrogens with one attached hydrogen (secondary N) is 1. The second kappa shape index (κ2) is 9.08. The Morgan fingerprint density at radius 1 is 1.00 bits per heavy atom. The van der Waals surface area contributed by atoms with E-state index in [4.69, 9.17) is 9.47 Å². The molecule has 1 unspecified atom stereocenters. The molecule has 0 bridgehead atoms. The van der Waals surface area contributed by atoms with Gasteiger partial charge in [0.1, 0.15) is 0 Å². The molecule has 0 saturated heterocycles. The van der Waals surface area contributed by atoms with Gasteiger partial charge in [0, 0.05) is 26.8 Å². The molecule has 0 fully saturated rings. The average Bonchev–Trinajstić information content (AvgIpc) is 2.48. The highest BCUT2D eigenvalue weighted by atomic mass is 16.7. The monoisotopic (exact) mass is 265 g/mol. The van der Waals surface area contributed by atoms with Gasteiger partial charge in [0.25, 0.3) is 0 Å². The zero-order valence-corrected chi connectivity index (χ0v) is 12.6. The van der Waals surface area contributed by atoms with Gasteiger partial charge in [-0.2, -0.15) is 0 Å². The number of ether oxygens (including phenoxy) is 2. The van der Waals surface area contributed by atoms with E-state index in [0.717, 1.165) is 12.8 Å².